The molecule has 0 radical (unpaired) electrons. The quantitative estimate of drug-likeness (QED) is 0.563. The van der Waals surface area contributed by atoms with Crippen molar-refractivity contribution in [3.63, 3.8) is 0 Å². The van der Waals surface area contributed by atoms with Crippen LogP contribution in [0.25, 0.3) is 0 Å². The van der Waals surface area contributed by atoms with Crippen LogP contribution in [-0.2, 0) is 14.3 Å². The summed E-state index contributed by atoms with van der Waals surface area (Å²) in [5, 5.41) is 0.107. The van der Waals surface area contributed by atoms with Gasteiger partial charge in [0.15, 0.2) is 5.12 Å². The van der Waals surface area contributed by atoms with Gasteiger partial charge in [0.25, 0.3) is 0 Å². The molecule has 1 heterocycles. The normalized spacial score (nSPS) is 21.6. The zero-order chi connectivity index (χ0) is 13.4. The van der Waals surface area contributed by atoms with Gasteiger partial charge in [0.1, 0.15) is 6.10 Å². The van der Waals surface area contributed by atoms with E-state index in [4.69, 9.17) is 4.74 Å². The molecule has 17 heavy (non-hydrogen) atoms. The van der Waals surface area contributed by atoms with Crippen molar-refractivity contribution in [3.05, 3.63) is 12.2 Å². The van der Waals surface area contributed by atoms with Gasteiger partial charge in [0.2, 0.25) is 0 Å². The Morgan fingerprint density at radius 3 is 2.24 bits per heavy atom. The zero-order valence-electron chi connectivity index (χ0n) is 11.1. The van der Waals surface area contributed by atoms with E-state index in [2.05, 4.69) is 6.58 Å². The van der Waals surface area contributed by atoms with Gasteiger partial charge < -0.3 is 4.74 Å². The van der Waals surface area contributed by atoms with E-state index in [1.165, 1.54) is 11.8 Å². The summed E-state index contributed by atoms with van der Waals surface area (Å²) in [6.45, 7) is 13.2. The molecule has 1 aliphatic rings. The van der Waals surface area contributed by atoms with Crippen LogP contribution in [-0.4, -0.2) is 21.9 Å². The third-order valence-electron chi connectivity index (χ3n) is 2.71. The monoisotopic (exact) mass is 256 g/mol. The van der Waals surface area contributed by atoms with Crippen molar-refractivity contribution in [2.75, 3.05) is 0 Å². The maximum Gasteiger partial charge on any atom is 0.333 e. The van der Waals surface area contributed by atoms with E-state index in [1.54, 1.807) is 0 Å². The van der Waals surface area contributed by atoms with Gasteiger partial charge in [-0.25, -0.2) is 4.79 Å². The second-order valence-electron chi connectivity index (χ2n) is 5.94. The molecule has 0 aromatic rings. The SMILES string of the molecule is C=C1CC(C(C)(C)SC(=O)C(C)(C)C)OC1=O. The predicted molar refractivity (Wildman–Crippen MR) is 69.8 cm³/mol. The van der Waals surface area contributed by atoms with Crippen LogP contribution in [0.2, 0.25) is 0 Å². The third-order valence-corrected chi connectivity index (χ3v) is 4.30. The number of carbonyl (C=O) groups excluding carboxylic acids is 2. The molecule has 1 atom stereocenters. The highest BCUT2D eigenvalue weighted by molar-refractivity contribution is 8.14. The van der Waals surface area contributed by atoms with Crippen molar-refractivity contribution < 1.29 is 14.3 Å². The number of ether oxygens (including phenoxy) is 1. The molecule has 1 unspecified atom stereocenters. The van der Waals surface area contributed by atoms with E-state index in [-0.39, 0.29) is 22.6 Å². The lowest BCUT2D eigenvalue weighted by molar-refractivity contribution is -0.139. The van der Waals surface area contributed by atoms with Gasteiger partial charge >= 0.3 is 5.97 Å². The number of cyclic esters (lactones) is 1. The highest BCUT2D eigenvalue weighted by atomic mass is 32.2. The van der Waals surface area contributed by atoms with E-state index in [0.29, 0.717) is 12.0 Å². The summed E-state index contributed by atoms with van der Waals surface area (Å²) in [5.74, 6) is -0.341. The van der Waals surface area contributed by atoms with Gasteiger partial charge in [0, 0.05) is 17.4 Å². The Kier molecular flexibility index (Phi) is 3.77. The van der Waals surface area contributed by atoms with E-state index in [1.807, 2.05) is 34.6 Å². The molecule has 0 aromatic heterocycles. The topological polar surface area (TPSA) is 43.4 Å². The Balaban J connectivity index is 2.73. The lowest BCUT2D eigenvalue weighted by Crippen LogP contribution is -2.36. The highest BCUT2D eigenvalue weighted by Crippen LogP contribution is 2.40. The molecular formula is C13H20O3S. The number of hydrogen-bond donors (Lipinski definition) is 0. The number of rotatable bonds is 2. The van der Waals surface area contributed by atoms with Crippen molar-refractivity contribution in [1.82, 2.24) is 0 Å². The first-order valence-electron chi connectivity index (χ1n) is 5.66. The summed E-state index contributed by atoms with van der Waals surface area (Å²) in [7, 11) is 0. The van der Waals surface area contributed by atoms with Crippen LogP contribution in [0.1, 0.15) is 41.0 Å². The molecule has 1 saturated heterocycles. The molecule has 0 aromatic carbocycles. The first kappa shape index (κ1) is 14.3. The Morgan fingerprint density at radius 1 is 1.35 bits per heavy atom. The van der Waals surface area contributed by atoms with E-state index in [0.717, 1.165) is 0 Å². The summed E-state index contributed by atoms with van der Waals surface area (Å²) in [6.07, 6.45) is 0.245. The highest BCUT2D eigenvalue weighted by Gasteiger charge is 2.42. The van der Waals surface area contributed by atoms with Gasteiger partial charge in [0.05, 0.1) is 4.75 Å². The van der Waals surface area contributed by atoms with Crippen LogP contribution >= 0.6 is 11.8 Å². The van der Waals surface area contributed by atoms with E-state index >= 15 is 0 Å². The molecule has 3 nitrogen and oxygen atoms in total. The molecule has 1 aliphatic heterocycles. The Labute approximate surface area is 107 Å². The van der Waals surface area contributed by atoms with Crippen molar-refractivity contribution in [2.24, 2.45) is 5.41 Å². The lowest BCUT2D eigenvalue weighted by Gasteiger charge is -2.31. The molecule has 0 N–H and O–H groups in total. The largest absolute Gasteiger partial charge is 0.457 e. The minimum Gasteiger partial charge on any atom is -0.457 e. The summed E-state index contributed by atoms with van der Waals surface area (Å²) in [5.41, 5.74) is 0.105. The average molecular weight is 256 g/mol. The molecular weight excluding hydrogens is 236 g/mol. The van der Waals surface area contributed by atoms with Crippen molar-refractivity contribution in [1.29, 1.82) is 0 Å². The van der Waals surface area contributed by atoms with E-state index < -0.39 is 4.75 Å². The minimum absolute atomic E-state index is 0.107. The molecule has 96 valence electrons. The fourth-order valence-corrected chi connectivity index (χ4v) is 2.45. The van der Waals surface area contributed by atoms with Crippen LogP contribution in [0.3, 0.4) is 0 Å². The number of thioether (sulfide) groups is 1. The zero-order valence-corrected chi connectivity index (χ0v) is 11.9. The van der Waals surface area contributed by atoms with Crippen LogP contribution in [0.5, 0.6) is 0 Å². The maximum absolute atomic E-state index is 12.0. The van der Waals surface area contributed by atoms with Gasteiger partial charge in [-0.2, -0.15) is 0 Å². The number of esters is 1. The molecule has 0 bridgehead atoms. The van der Waals surface area contributed by atoms with E-state index in [9.17, 15) is 9.59 Å². The summed E-state index contributed by atoms with van der Waals surface area (Å²) >= 11 is 1.25. The second-order valence-corrected chi connectivity index (χ2v) is 7.57. The molecule has 0 saturated carbocycles. The van der Waals surface area contributed by atoms with Gasteiger partial charge in [-0.05, 0) is 13.8 Å². The summed E-state index contributed by atoms with van der Waals surface area (Å²) in [4.78, 5) is 23.3. The molecule has 0 spiro atoms. The number of hydrogen-bond acceptors (Lipinski definition) is 4. The third kappa shape index (κ3) is 3.35. The fraction of sp³-hybridized carbons (Fsp3) is 0.692. The molecule has 0 aliphatic carbocycles. The summed E-state index contributed by atoms with van der Waals surface area (Å²) < 4.78 is 4.82. The van der Waals surface area contributed by atoms with Gasteiger partial charge in [-0.15, -0.1) is 0 Å². The predicted octanol–water partition coefficient (Wildman–Crippen LogP) is 2.94. The van der Waals surface area contributed by atoms with Gasteiger partial charge in [-0.1, -0.05) is 39.1 Å². The standard InChI is InChI=1S/C13H20O3S/c1-8-7-9(16-10(8)14)13(5,6)17-11(15)12(2,3)4/h9H,1,7H2,2-6H3. The van der Waals surface area contributed by atoms with Crippen LogP contribution in [0.4, 0.5) is 0 Å². The first-order chi connectivity index (χ1) is 7.54. The minimum atomic E-state index is -0.417. The van der Waals surface area contributed by atoms with Crippen LogP contribution < -0.4 is 0 Å². The first-order valence-corrected chi connectivity index (χ1v) is 6.48. The van der Waals surface area contributed by atoms with Crippen LogP contribution in [0.15, 0.2) is 12.2 Å². The van der Waals surface area contributed by atoms with Crippen molar-refractivity contribution >= 4 is 22.8 Å². The summed E-state index contributed by atoms with van der Waals surface area (Å²) in [6, 6.07) is 0. The molecule has 1 fully saturated rings. The Hall–Kier alpha value is -0.770. The maximum atomic E-state index is 12.0. The molecule has 1 rings (SSSR count). The fourth-order valence-electron chi connectivity index (χ4n) is 1.41. The smallest absolute Gasteiger partial charge is 0.333 e. The van der Waals surface area contributed by atoms with Crippen molar-refractivity contribution in [3.8, 4) is 0 Å². The molecule has 4 heteroatoms. The lowest BCUT2D eigenvalue weighted by atomic mass is 9.99. The van der Waals surface area contributed by atoms with Gasteiger partial charge in [-0.3, -0.25) is 4.79 Å². The Morgan fingerprint density at radius 2 is 1.88 bits per heavy atom. The Bertz CT molecular complexity index is 347. The second kappa shape index (κ2) is 4.48. The van der Waals surface area contributed by atoms with Crippen LogP contribution in [0, 0.1) is 5.41 Å². The van der Waals surface area contributed by atoms with Crippen molar-refractivity contribution in [2.45, 2.75) is 51.9 Å². The number of carbonyl (C=O) groups is 2. The molecule has 0 amide bonds. The average Bonchev–Trinajstić information content (AvgIpc) is 2.45.